The van der Waals surface area contributed by atoms with E-state index >= 15 is 0 Å². The van der Waals surface area contributed by atoms with Gasteiger partial charge in [0.1, 0.15) is 32.3 Å². The zero-order chi connectivity index (χ0) is 42.2. The standard InChI is InChI=1S/2C23H32O5S.Ca/c2*1-2-3-4-5-6-7-8-9-10-12-19-15-17-20(18-16-19)28-21-13-11-14-22(23(21)24)29(25,26)27;/h2*11,13-18,24H,2-10,12H2,1H3,(H,25,26,27);/q;;+2/p-2. The number of aromatic hydroxyl groups is 1. The van der Waals surface area contributed by atoms with Crippen molar-refractivity contribution in [3.63, 3.8) is 0 Å². The molecule has 0 radical (unpaired) electrons. The molecule has 0 spiro atoms. The molecule has 0 amide bonds. The van der Waals surface area contributed by atoms with Gasteiger partial charge < -0.3 is 24.2 Å². The number of phenolic OH excluding ortho intramolecular Hbond substituents is 1. The number of phenols is 1. The molecule has 320 valence electrons. The second-order valence-electron chi connectivity index (χ2n) is 14.8. The summed E-state index contributed by atoms with van der Waals surface area (Å²) in [7, 11) is -9.33. The maximum Gasteiger partial charge on any atom is 2.00 e. The van der Waals surface area contributed by atoms with Crippen LogP contribution in [0.15, 0.2) is 94.7 Å². The van der Waals surface area contributed by atoms with Crippen LogP contribution in [-0.2, 0) is 33.1 Å². The average Bonchev–Trinajstić information content (AvgIpc) is 3.19. The van der Waals surface area contributed by atoms with Crippen LogP contribution in [-0.4, -0.2) is 68.8 Å². The molecule has 2 N–H and O–H groups in total. The van der Waals surface area contributed by atoms with Crippen molar-refractivity contribution < 1.29 is 45.6 Å². The summed E-state index contributed by atoms with van der Waals surface area (Å²) in [4.78, 5) is -1.37. The molecule has 4 aromatic carbocycles. The summed E-state index contributed by atoms with van der Waals surface area (Å²) in [6.45, 7) is 4.47. The van der Waals surface area contributed by atoms with E-state index in [4.69, 9.17) is 14.0 Å². The Morgan fingerprint density at radius 2 is 0.864 bits per heavy atom. The van der Waals surface area contributed by atoms with Crippen molar-refractivity contribution in [2.75, 3.05) is 0 Å². The van der Waals surface area contributed by atoms with Crippen molar-refractivity contribution in [1.29, 1.82) is 0 Å². The molecular weight excluding hydrogens is 817 g/mol. The van der Waals surface area contributed by atoms with E-state index in [1.165, 1.54) is 138 Å². The quantitative estimate of drug-likeness (QED) is 0.0351. The fraction of sp³-hybridized carbons (Fsp3) is 0.478. The van der Waals surface area contributed by atoms with E-state index in [0.717, 1.165) is 37.8 Å². The molecule has 0 aliphatic rings. The van der Waals surface area contributed by atoms with Gasteiger partial charge in [-0.3, -0.25) is 4.55 Å². The van der Waals surface area contributed by atoms with Gasteiger partial charge in [-0.1, -0.05) is 153 Å². The van der Waals surface area contributed by atoms with E-state index in [1.807, 2.05) is 24.3 Å². The van der Waals surface area contributed by atoms with Crippen LogP contribution in [0.2, 0.25) is 0 Å². The van der Waals surface area contributed by atoms with E-state index in [-0.39, 0.29) is 49.2 Å². The topological polar surface area (TPSA) is 173 Å². The third-order valence-corrected chi connectivity index (χ3v) is 11.6. The molecule has 0 saturated carbocycles. The summed E-state index contributed by atoms with van der Waals surface area (Å²) in [6, 6.07) is 22.6. The summed E-state index contributed by atoms with van der Waals surface area (Å²) in [5, 5.41) is 22.1. The van der Waals surface area contributed by atoms with E-state index in [1.54, 1.807) is 24.3 Å². The summed E-state index contributed by atoms with van der Waals surface area (Å²) < 4.78 is 76.1. The first kappa shape index (κ1) is 52.3. The SMILES string of the molecule is CCCCCCCCCCCc1ccc(Oc2cccc(S(=O)(=O)O)c2O)cc1.CCCCCCCCCCCc1ccc(Oc2cccc(S(=O)(=O)[O-])c2[O-])cc1.[Ca+2]. The molecule has 0 aromatic heterocycles. The van der Waals surface area contributed by atoms with Crippen molar-refractivity contribution >= 4 is 58.0 Å². The number of unbranched alkanes of at least 4 members (excludes halogenated alkanes) is 16. The van der Waals surface area contributed by atoms with Gasteiger partial charge in [0.2, 0.25) is 0 Å². The Hall–Kier alpha value is -2.84. The Morgan fingerprint density at radius 1 is 0.508 bits per heavy atom. The van der Waals surface area contributed by atoms with E-state index < -0.39 is 41.5 Å². The number of benzene rings is 4. The second-order valence-corrected chi connectivity index (χ2v) is 17.5. The minimum absolute atomic E-state index is 0. The Kier molecular flexibility index (Phi) is 25.4. The monoisotopic (exact) mass is 878 g/mol. The fourth-order valence-corrected chi connectivity index (χ4v) is 7.72. The van der Waals surface area contributed by atoms with Gasteiger partial charge in [-0.2, -0.15) is 8.42 Å². The molecule has 0 aliphatic heterocycles. The zero-order valence-electron chi connectivity index (χ0n) is 34.9. The molecule has 59 heavy (non-hydrogen) atoms. The molecule has 4 rings (SSSR count). The van der Waals surface area contributed by atoms with Gasteiger partial charge in [-0.25, -0.2) is 8.42 Å². The number of rotatable bonds is 26. The molecule has 13 heteroatoms. The van der Waals surface area contributed by atoms with Crippen LogP contribution in [0.3, 0.4) is 0 Å². The van der Waals surface area contributed by atoms with Gasteiger partial charge in [0, 0.05) is 0 Å². The molecule has 0 saturated heterocycles. The van der Waals surface area contributed by atoms with Gasteiger partial charge in [0.05, 0.1) is 4.90 Å². The van der Waals surface area contributed by atoms with Crippen LogP contribution >= 0.6 is 0 Å². The van der Waals surface area contributed by atoms with Crippen LogP contribution in [0.25, 0.3) is 0 Å². The molecule has 0 bridgehead atoms. The molecule has 0 heterocycles. The molecule has 0 fully saturated rings. The van der Waals surface area contributed by atoms with Crippen molar-refractivity contribution in [2.45, 2.75) is 152 Å². The van der Waals surface area contributed by atoms with E-state index in [0.29, 0.717) is 11.5 Å². The second kappa shape index (κ2) is 28.6. The number of aryl methyl sites for hydroxylation is 2. The zero-order valence-corrected chi connectivity index (χ0v) is 38.8. The molecular formula is C46H62CaO10S2. The largest absolute Gasteiger partial charge is 2.00 e. The summed E-state index contributed by atoms with van der Waals surface area (Å²) >= 11 is 0. The Bertz CT molecular complexity index is 1840. The van der Waals surface area contributed by atoms with Crippen LogP contribution in [0, 0.1) is 0 Å². The van der Waals surface area contributed by atoms with Crippen molar-refractivity contribution in [1.82, 2.24) is 0 Å². The summed E-state index contributed by atoms with van der Waals surface area (Å²) in [5.41, 5.74) is 2.41. The number of para-hydroxylation sites is 2. The number of ether oxygens (including phenoxy) is 2. The van der Waals surface area contributed by atoms with E-state index in [9.17, 15) is 31.6 Å². The summed E-state index contributed by atoms with van der Waals surface area (Å²) in [5.74, 6) is -0.794. The minimum atomic E-state index is -4.82. The molecule has 0 aliphatic carbocycles. The number of hydrogen-bond donors (Lipinski definition) is 2. The van der Waals surface area contributed by atoms with Gasteiger partial charge in [-0.05, 0) is 91.1 Å². The van der Waals surface area contributed by atoms with Crippen molar-refractivity contribution in [3.05, 3.63) is 96.1 Å². The maximum absolute atomic E-state index is 12.1. The van der Waals surface area contributed by atoms with Gasteiger partial charge in [0.15, 0.2) is 11.5 Å². The molecule has 4 aromatic rings. The van der Waals surface area contributed by atoms with Gasteiger partial charge in [-0.15, -0.1) is 0 Å². The van der Waals surface area contributed by atoms with Crippen LogP contribution in [0.4, 0.5) is 0 Å². The molecule has 0 atom stereocenters. The normalized spacial score (nSPS) is 11.3. The predicted molar refractivity (Wildman–Crippen MR) is 232 cm³/mol. The third-order valence-electron chi connectivity index (χ3n) is 9.89. The summed E-state index contributed by atoms with van der Waals surface area (Å²) in [6.07, 6.45) is 25.4. The van der Waals surface area contributed by atoms with Crippen molar-refractivity contribution in [3.8, 4) is 34.5 Å². The maximum atomic E-state index is 12.1. The van der Waals surface area contributed by atoms with Gasteiger partial charge >= 0.3 is 37.7 Å². The van der Waals surface area contributed by atoms with E-state index in [2.05, 4.69) is 13.8 Å². The average molecular weight is 879 g/mol. The fourth-order valence-electron chi connectivity index (χ4n) is 6.55. The Balaban J connectivity index is 0.000000400. The first-order valence-electron chi connectivity index (χ1n) is 20.9. The first-order chi connectivity index (χ1) is 27.8. The smallest absolute Gasteiger partial charge is 0.869 e. The first-order valence-corrected chi connectivity index (χ1v) is 23.8. The van der Waals surface area contributed by atoms with Crippen LogP contribution in [0.5, 0.6) is 34.5 Å². The molecule has 0 unspecified atom stereocenters. The number of hydrogen-bond acceptors (Lipinski definition) is 9. The molecule has 10 nitrogen and oxygen atoms in total. The van der Waals surface area contributed by atoms with Crippen LogP contribution < -0.4 is 14.6 Å². The third kappa shape index (κ3) is 20.5. The predicted octanol–water partition coefficient (Wildman–Crippen LogP) is 11.7. The Morgan fingerprint density at radius 3 is 1.25 bits per heavy atom. The van der Waals surface area contributed by atoms with Crippen LogP contribution in [0.1, 0.15) is 141 Å². The van der Waals surface area contributed by atoms with Gasteiger partial charge in [0.25, 0.3) is 10.1 Å². The van der Waals surface area contributed by atoms with Crippen molar-refractivity contribution in [2.24, 2.45) is 0 Å². The Labute approximate surface area is 383 Å². The minimum Gasteiger partial charge on any atom is -0.869 e.